The number of benzene rings is 5. The summed E-state index contributed by atoms with van der Waals surface area (Å²) in [7, 11) is 13.6. The van der Waals surface area contributed by atoms with Crippen molar-refractivity contribution in [2.75, 3.05) is 55.7 Å². The Bertz CT molecular complexity index is 2650. The molecule has 0 aliphatic rings. The smallest absolute Gasteiger partial charge is 0.327 e. The lowest BCUT2D eigenvalue weighted by molar-refractivity contribution is -0.387. The van der Waals surface area contributed by atoms with Crippen LogP contribution in [-0.2, 0) is 14.3 Å². The lowest BCUT2D eigenvalue weighted by atomic mass is 9.93. The second kappa shape index (κ2) is 30.2. The van der Waals surface area contributed by atoms with Gasteiger partial charge in [-0.3, -0.25) is 19.8 Å². The average Bonchev–Trinajstić information content (AvgIpc) is 3.35. The van der Waals surface area contributed by atoms with E-state index in [1.807, 2.05) is 43.0 Å². The molecule has 5 aromatic rings. The highest BCUT2D eigenvalue weighted by Crippen LogP contribution is 2.43. The maximum Gasteiger partial charge on any atom is 0.327 e. The van der Waals surface area contributed by atoms with Crippen molar-refractivity contribution in [2.24, 2.45) is 0 Å². The minimum atomic E-state index is -0.924. The molecule has 0 aromatic heterocycles. The third-order valence-electron chi connectivity index (χ3n) is 12.0. The van der Waals surface area contributed by atoms with Crippen LogP contribution in [0.25, 0.3) is 0 Å². The van der Waals surface area contributed by atoms with E-state index in [2.05, 4.69) is 61.4 Å². The van der Waals surface area contributed by atoms with Crippen LogP contribution in [0.1, 0.15) is 92.8 Å². The number of hydrogen-bond acceptors (Lipinski definition) is 15. The van der Waals surface area contributed by atoms with Gasteiger partial charge in [-0.25, -0.2) is 4.79 Å². The summed E-state index contributed by atoms with van der Waals surface area (Å²) in [5, 5.41) is 38.1. The van der Waals surface area contributed by atoms with Crippen molar-refractivity contribution in [3.05, 3.63) is 132 Å². The molecular formula is C51H65BBr2FN4O13P2. The molecule has 17 nitrogen and oxygen atoms in total. The monoisotopic (exact) mass is 1190 g/mol. The molecule has 0 aliphatic heterocycles. The molecule has 0 spiro atoms. The summed E-state index contributed by atoms with van der Waals surface area (Å²) in [5.41, 5.74) is 2.93. The Labute approximate surface area is 456 Å². The number of rotatable bonds is 22. The van der Waals surface area contributed by atoms with Gasteiger partial charge in [-0.05, 0) is 140 Å². The first-order valence-corrected chi connectivity index (χ1v) is 24.7. The molecule has 0 fully saturated rings. The van der Waals surface area contributed by atoms with Crippen molar-refractivity contribution in [2.45, 2.75) is 71.0 Å². The van der Waals surface area contributed by atoms with Crippen LogP contribution >= 0.6 is 50.8 Å². The number of amides is 1. The van der Waals surface area contributed by atoms with Crippen molar-refractivity contribution in [1.29, 1.82) is 0 Å². The minimum Gasteiger partial charge on any atom is -0.504 e. The lowest BCUT2D eigenvalue weighted by Gasteiger charge is -2.32. The largest absolute Gasteiger partial charge is 0.504 e. The van der Waals surface area contributed by atoms with E-state index in [9.17, 15) is 34.3 Å². The number of carbonyl (C=O) groups is 2. The second-order valence-corrected chi connectivity index (χ2v) is 18.9. The van der Waals surface area contributed by atoms with Gasteiger partial charge in [-0.1, -0.05) is 46.4 Å². The number of aromatic hydroxyl groups is 2. The molecule has 0 aliphatic carbocycles. The molecule has 5 aromatic carbocycles. The van der Waals surface area contributed by atoms with Gasteiger partial charge in [0, 0.05) is 39.5 Å². The average molecular weight is 1190 g/mol. The number of esters is 1. The number of phenols is 2. The normalized spacial score (nSPS) is 13.1. The predicted octanol–water partition coefficient (Wildman–Crippen LogP) is 10.7. The fraction of sp³-hybridized carbons (Fsp3) is 0.373. The second-order valence-electron chi connectivity index (χ2n) is 16.7. The fourth-order valence-corrected chi connectivity index (χ4v) is 9.34. The van der Waals surface area contributed by atoms with Gasteiger partial charge in [0.25, 0.3) is 0 Å². The molecule has 74 heavy (non-hydrogen) atoms. The van der Waals surface area contributed by atoms with Gasteiger partial charge in [0.2, 0.25) is 23.2 Å². The summed E-state index contributed by atoms with van der Waals surface area (Å²) < 4.78 is 52.0. The van der Waals surface area contributed by atoms with Crippen LogP contribution in [0.4, 0.5) is 10.1 Å². The highest BCUT2D eigenvalue weighted by molar-refractivity contribution is 9.11. The van der Waals surface area contributed by atoms with Crippen molar-refractivity contribution in [3.63, 3.8) is 0 Å². The van der Waals surface area contributed by atoms with E-state index in [1.165, 1.54) is 38.5 Å². The molecule has 8 atom stereocenters. The van der Waals surface area contributed by atoms with E-state index in [1.54, 1.807) is 66.5 Å². The van der Waals surface area contributed by atoms with Gasteiger partial charge < -0.3 is 53.6 Å². The van der Waals surface area contributed by atoms with E-state index < -0.39 is 34.6 Å². The zero-order valence-electron chi connectivity index (χ0n) is 42.0. The number of phenolic OH excluding ortho intramolecular Hbond substituents is 2. The first-order chi connectivity index (χ1) is 34.2. The topological polar surface area (TPSA) is 210 Å². The molecule has 1 amide bonds. The number of nitro groups is 1. The number of halogens is 3. The van der Waals surface area contributed by atoms with E-state index in [-0.39, 0.29) is 62.7 Å². The van der Waals surface area contributed by atoms with Crippen LogP contribution in [0.5, 0.6) is 46.0 Å². The first-order valence-electron chi connectivity index (χ1n) is 22.2. The Morgan fingerprint density at radius 2 is 1.22 bits per heavy atom. The SMILES string of the molecule is C.COC(=O)[C@H](NC[C@H](C)c1cc(OP)c(OC)c(OP)c1)c1ccc(OC)c(Br)c1.COc1ccc([C@H](C(=O)N[C@H](C)[C@H](C)c2ccc(F)c([N+](=O)[O-])c2)N(C)C[C@H](C)c2cc(O)c(OC)c(O)c2)cc1Br.[B]. The molecule has 5 rings (SSSR count). The van der Waals surface area contributed by atoms with Gasteiger partial charge in [0.1, 0.15) is 23.6 Å². The molecule has 4 N–H and O–H groups in total. The van der Waals surface area contributed by atoms with Gasteiger partial charge in [-0.15, -0.1) is 0 Å². The van der Waals surface area contributed by atoms with Crippen molar-refractivity contribution >= 4 is 76.8 Å². The lowest BCUT2D eigenvalue weighted by Crippen LogP contribution is -2.44. The van der Waals surface area contributed by atoms with Gasteiger partial charge in [0.15, 0.2) is 23.0 Å². The van der Waals surface area contributed by atoms with E-state index in [0.717, 1.165) is 21.7 Å². The number of carbonyl (C=O) groups excluding carboxylic acids is 2. The first kappa shape index (κ1) is 64.7. The molecule has 2 unspecified atom stereocenters. The zero-order valence-corrected chi connectivity index (χ0v) is 47.5. The third-order valence-corrected chi connectivity index (χ3v) is 13.8. The quantitative estimate of drug-likeness (QED) is 0.0167. The summed E-state index contributed by atoms with van der Waals surface area (Å²) in [6.07, 6.45) is 0. The zero-order chi connectivity index (χ0) is 53.6. The Balaban J connectivity index is 0.000000520. The number of nitrogens with zero attached hydrogens (tertiary/aromatic N) is 2. The van der Waals surface area contributed by atoms with Crippen LogP contribution in [0, 0.1) is 15.9 Å². The standard InChI is InChI=1S/C30H35BrFN3O7.C20H26BrNO6P2.CH4.B/c1-16(21-13-25(36)29(42-6)26(37)14-21)15-34(4)28(20-8-10-27(41-5)22(31)11-20)30(38)33-18(3)17(2)19-7-9-23(32)24(12-19)35(39)40;1-11(13-8-16(27-29)19(25-3)17(9-13)28-30)10-22-18(20(23)26-4)12-5-6-15(24-2)14(21)7-12;;/h7-14,16-18,28,36-37H,15H2,1-6H3,(H,33,38);5-9,11,18,22H,10,29-30H2,1-4H3;1H4;/t16-,17-,18+,28+;11-,18+;;/m00../s1. The van der Waals surface area contributed by atoms with Crippen LogP contribution in [0.3, 0.4) is 0 Å². The molecule has 401 valence electrons. The summed E-state index contributed by atoms with van der Waals surface area (Å²) in [5.74, 6) is 0.260. The van der Waals surface area contributed by atoms with Crippen LogP contribution in [-0.4, -0.2) is 102 Å². The summed E-state index contributed by atoms with van der Waals surface area (Å²) in [6.45, 7) is 8.39. The maximum absolute atomic E-state index is 13.9. The number of nitrogens with one attached hydrogen (secondary N) is 2. The summed E-state index contributed by atoms with van der Waals surface area (Å²) in [6, 6.07) is 19.4. The molecular weight excluding hydrogens is 1130 g/mol. The highest BCUT2D eigenvalue weighted by atomic mass is 79.9. The Hall–Kier alpha value is -5.43. The number of hydrogen-bond donors (Lipinski definition) is 4. The predicted molar refractivity (Wildman–Crippen MR) is 298 cm³/mol. The number of nitro benzene ring substituents is 1. The Kier molecular flexibility index (Phi) is 26.4. The van der Waals surface area contributed by atoms with Gasteiger partial charge in [0.05, 0.1) is 68.4 Å². The van der Waals surface area contributed by atoms with Crippen molar-refractivity contribution in [1.82, 2.24) is 15.5 Å². The molecule has 0 heterocycles. The van der Waals surface area contributed by atoms with Crippen LogP contribution in [0.15, 0.2) is 87.8 Å². The van der Waals surface area contributed by atoms with Crippen molar-refractivity contribution < 1.29 is 61.8 Å². The fourth-order valence-electron chi connectivity index (χ4n) is 7.87. The number of methoxy groups -OCH3 is 5. The van der Waals surface area contributed by atoms with Crippen molar-refractivity contribution in [3.8, 4) is 46.0 Å². The van der Waals surface area contributed by atoms with Crippen LogP contribution < -0.4 is 38.6 Å². The minimum absolute atomic E-state index is 0. The van der Waals surface area contributed by atoms with E-state index >= 15 is 0 Å². The Morgan fingerprint density at radius 3 is 1.69 bits per heavy atom. The highest BCUT2D eigenvalue weighted by Gasteiger charge is 2.31. The van der Waals surface area contributed by atoms with E-state index in [4.69, 9.17) is 32.7 Å². The summed E-state index contributed by atoms with van der Waals surface area (Å²) in [4.78, 5) is 38.6. The number of ether oxygens (including phenoxy) is 5. The number of likely N-dealkylation sites (N-methyl/N-ethyl adjacent to an activating group) is 1. The Morgan fingerprint density at radius 1 is 0.716 bits per heavy atom. The molecule has 0 saturated heterocycles. The molecule has 23 heteroatoms. The summed E-state index contributed by atoms with van der Waals surface area (Å²) >= 11 is 6.95. The van der Waals surface area contributed by atoms with E-state index in [0.29, 0.717) is 63.0 Å². The van der Waals surface area contributed by atoms with Crippen LogP contribution in [0.2, 0.25) is 0 Å². The van der Waals surface area contributed by atoms with Gasteiger partial charge in [-0.2, -0.15) is 4.39 Å². The van der Waals surface area contributed by atoms with Gasteiger partial charge >= 0.3 is 11.7 Å². The third kappa shape index (κ3) is 16.3. The maximum atomic E-state index is 13.9. The molecule has 0 saturated carbocycles. The molecule has 3 radical (unpaired) electrons. The molecule has 0 bridgehead atoms.